The van der Waals surface area contributed by atoms with Crippen LogP contribution in [0, 0.1) is 0 Å². The Bertz CT molecular complexity index is 591. The van der Waals surface area contributed by atoms with Crippen molar-refractivity contribution < 1.29 is 9.47 Å². The smallest absolute Gasteiger partial charge is 0.175 e. The van der Waals surface area contributed by atoms with Gasteiger partial charge in [0.1, 0.15) is 0 Å². The summed E-state index contributed by atoms with van der Waals surface area (Å²) in [6.07, 6.45) is 3.65. The van der Waals surface area contributed by atoms with E-state index in [0.717, 1.165) is 40.2 Å². The fraction of sp³-hybridized carbons (Fsp3) is 0.353. The Morgan fingerprint density at radius 1 is 1.09 bits per heavy atom. The summed E-state index contributed by atoms with van der Waals surface area (Å²) < 4.78 is 12.2. The van der Waals surface area contributed by atoms with Crippen molar-refractivity contribution in [2.45, 2.75) is 26.9 Å². The third-order valence-electron chi connectivity index (χ3n) is 3.04. The van der Waals surface area contributed by atoms with E-state index in [1.165, 1.54) is 0 Å². The predicted octanol–water partition coefficient (Wildman–Crippen LogP) is 3.93. The van der Waals surface area contributed by atoms with Crippen LogP contribution in [0.4, 0.5) is 0 Å². The van der Waals surface area contributed by atoms with Crippen LogP contribution in [0.2, 0.25) is 0 Å². The van der Waals surface area contributed by atoms with Crippen molar-refractivity contribution in [3.63, 3.8) is 0 Å². The quantitative estimate of drug-likeness (QED) is 0.770. The Kier molecular flexibility index (Phi) is 6.68. The van der Waals surface area contributed by atoms with Crippen molar-refractivity contribution in [3.05, 3.63) is 52.3 Å². The first-order chi connectivity index (χ1) is 10.7. The Morgan fingerprint density at radius 3 is 2.55 bits per heavy atom. The minimum Gasteiger partial charge on any atom is -0.490 e. The van der Waals surface area contributed by atoms with Gasteiger partial charge in [-0.15, -0.1) is 0 Å². The lowest BCUT2D eigenvalue weighted by Crippen LogP contribution is -2.13. The van der Waals surface area contributed by atoms with Gasteiger partial charge < -0.3 is 14.8 Å². The van der Waals surface area contributed by atoms with Crippen LogP contribution in [-0.4, -0.2) is 18.2 Å². The van der Waals surface area contributed by atoms with Gasteiger partial charge in [-0.3, -0.25) is 4.98 Å². The van der Waals surface area contributed by atoms with Crippen molar-refractivity contribution >= 4 is 15.9 Å². The molecule has 4 nitrogen and oxygen atoms in total. The summed E-state index contributed by atoms with van der Waals surface area (Å²) in [6.45, 7) is 6.68. The molecule has 0 aliphatic heterocycles. The first-order valence-corrected chi connectivity index (χ1v) is 8.21. The van der Waals surface area contributed by atoms with Crippen molar-refractivity contribution in [1.29, 1.82) is 0 Å². The molecule has 2 aromatic rings. The molecule has 0 radical (unpaired) electrons. The summed E-state index contributed by atoms with van der Waals surface area (Å²) in [5, 5.41) is 3.41. The number of nitrogens with zero attached hydrogens (tertiary/aromatic N) is 1. The van der Waals surface area contributed by atoms with Gasteiger partial charge in [0.05, 0.1) is 17.7 Å². The summed E-state index contributed by atoms with van der Waals surface area (Å²) in [5.74, 6) is 1.54. The van der Waals surface area contributed by atoms with Crippen LogP contribution in [0.15, 0.2) is 41.1 Å². The Hall–Kier alpha value is -1.59. The number of nitrogens with one attached hydrogen (secondary N) is 1. The third-order valence-corrected chi connectivity index (χ3v) is 3.63. The number of halogens is 1. The molecule has 0 unspecified atom stereocenters. The molecule has 0 aliphatic rings. The van der Waals surface area contributed by atoms with E-state index in [4.69, 9.17) is 9.47 Å². The third kappa shape index (κ3) is 4.71. The summed E-state index contributed by atoms with van der Waals surface area (Å²) in [7, 11) is 0. The molecule has 1 N–H and O–H groups in total. The zero-order chi connectivity index (χ0) is 15.8. The van der Waals surface area contributed by atoms with E-state index >= 15 is 0 Å². The fourth-order valence-corrected chi connectivity index (χ4v) is 2.73. The lowest BCUT2D eigenvalue weighted by atomic mass is 10.2. The molecule has 22 heavy (non-hydrogen) atoms. The Morgan fingerprint density at radius 2 is 1.86 bits per heavy atom. The first kappa shape index (κ1) is 16.8. The van der Waals surface area contributed by atoms with E-state index in [9.17, 15) is 0 Å². The van der Waals surface area contributed by atoms with Gasteiger partial charge in [0.2, 0.25) is 0 Å². The second-order valence-electron chi connectivity index (χ2n) is 4.74. The largest absolute Gasteiger partial charge is 0.490 e. The number of hydrogen-bond acceptors (Lipinski definition) is 4. The van der Waals surface area contributed by atoms with E-state index in [1.807, 2.05) is 32.2 Å². The minimum absolute atomic E-state index is 0.608. The standard InChI is InChI=1S/C17H21BrN2O2/c1-3-21-16-9-14(8-15(18)17(16)22-4-2)12-20-11-13-6-5-7-19-10-13/h5-10,20H,3-4,11-12H2,1-2H3. The molecule has 2 rings (SSSR count). The van der Waals surface area contributed by atoms with Crippen LogP contribution in [-0.2, 0) is 13.1 Å². The van der Waals surface area contributed by atoms with E-state index in [-0.39, 0.29) is 0 Å². The highest BCUT2D eigenvalue weighted by Gasteiger charge is 2.11. The molecule has 118 valence electrons. The number of hydrogen-bond donors (Lipinski definition) is 1. The normalized spacial score (nSPS) is 10.5. The highest BCUT2D eigenvalue weighted by Crippen LogP contribution is 2.36. The second-order valence-corrected chi connectivity index (χ2v) is 5.59. The maximum Gasteiger partial charge on any atom is 0.175 e. The summed E-state index contributed by atoms with van der Waals surface area (Å²) in [4.78, 5) is 4.11. The van der Waals surface area contributed by atoms with Crippen molar-refractivity contribution in [1.82, 2.24) is 10.3 Å². The lowest BCUT2D eigenvalue weighted by molar-refractivity contribution is 0.286. The summed E-state index contributed by atoms with van der Waals surface area (Å²) >= 11 is 3.56. The zero-order valence-corrected chi connectivity index (χ0v) is 14.5. The van der Waals surface area contributed by atoms with Gasteiger partial charge in [-0.25, -0.2) is 0 Å². The minimum atomic E-state index is 0.608. The molecule has 5 heteroatoms. The first-order valence-electron chi connectivity index (χ1n) is 7.42. The van der Waals surface area contributed by atoms with Crippen LogP contribution in [0.3, 0.4) is 0 Å². The van der Waals surface area contributed by atoms with E-state index in [2.05, 4.69) is 38.4 Å². The van der Waals surface area contributed by atoms with Gasteiger partial charge in [0.15, 0.2) is 11.5 Å². The van der Waals surface area contributed by atoms with Gasteiger partial charge in [-0.1, -0.05) is 6.07 Å². The van der Waals surface area contributed by atoms with Crippen molar-refractivity contribution in [2.75, 3.05) is 13.2 Å². The molecular formula is C17H21BrN2O2. The Labute approximate surface area is 140 Å². The molecule has 0 saturated heterocycles. The van der Waals surface area contributed by atoms with E-state index in [0.29, 0.717) is 13.2 Å². The van der Waals surface area contributed by atoms with Crippen LogP contribution >= 0.6 is 15.9 Å². The molecule has 0 bridgehead atoms. The van der Waals surface area contributed by atoms with Crippen molar-refractivity contribution in [3.8, 4) is 11.5 Å². The number of benzene rings is 1. The maximum absolute atomic E-state index is 5.68. The van der Waals surface area contributed by atoms with Gasteiger partial charge in [0.25, 0.3) is 0 Å². The van der Waals surface area contributed by atoms with E-state index in [1.54, 1.807) is 6.20 Å². The zero-order valence-electron chi connectivity index (χ0n) is 12.9. The van der Waals surface area contributed by atoms with Gasteiger partial charge in [-0.2, -0.15) is 0 Å². The molecule has 1 aromatic carbocycles. The molecule has 0 amide bonds. The second kappa shape index (κ2) is 8.76. The molecule has 1 aromatic heterocycles. The average molecular weight is 365 g/mol. The van der Waals surface area contributed by atoms with Crippen LogP contribution in [0.5, 0.6) is 11.5 Å². The molecule has 0 fully saturated rings. The monoisotopic (exact) mass is 364 g/mol. The summed E-state index contributed by atoms with van der Waals surface area (Å²) in [5.41, 5.74) is 2.31. The summed E-state index contributed by atoms with van der Waals surface area (Å²) in [6, 6.07) is 8.08. The van der Waals surface area contributed by atoms with E-state index < -0.39 is 0 Å². The highest BCUT2D eigenvalue weighted by atomic mass is 79.9. The van der Waals surface area contributed by atoms with Crippen molar-refractivity contribution in [2.24, 2.45) is 0 Å². The topological polar surface area (TPSA) is 43.4 Å². The van der Waals surface area contributed by atoms with Crippen LogP contribution in [0.25, 0.3) is 0 Å². The number of aromatic nitrogens is 1. The molecule has 0 atom stereocenters. The van der Waals surface area contributed by atoms with Crippen LogP contribution < -0.4 is 14.8 Å². The predicted molar refractivity (Wildman–Crippen MR) is 91.3 cm³/mol. The Balaban J connectivity index is 2.04. The molecule has 0 spiro atoms. The molecule has 0 aliphatic carbocycles. The maximum atomic E-state index is 5.68. The lowest BCUT2D eigenvalue weighted by Gasteiger charge is -2.15. The number of rotatable bonds is 8. The molecule has 1 heterocycles. The fourth-order valence-electron chi connectivity index (χ4n) is 2.12. The molecular weight excluding hydrogens is 344 g/mol. The number of pyridine rings is 1. The van der Waals surface area contributed by atoms with Gasteiger partial charge in [-0.05, 0) is 59.1 Å². The SMILES string of the molecule is CCOc1cc(CNCc2cccnc2)cc(Br)c1OCC. The van der Waals surface area contributed by atoms with Crippen LogP contribution in [0.1, 0.15) is 25.0 Å². The number of ether oxygens (including phenoxy) is 2. The highest BCUT2D eigenvalue weighted by molar-refractivity contribution is 9.10. The van der Waals surface area contributed by atoms with Gasteiger partial charge >= 0.3 is 0 Å². The van der Waals surface area contributed by atoms with Gasteiger partial charge in [0, 0.05) is 25.5 Å². The average Bonchev–Trinajstić information content (AvgIpc) is 2.52. The molecule has 0 saturated carbocycles.